The Kier molecular flexibility index (Phi) is 5.33. The Labute approximate surface area is 147 Å². The third kappa shape index (κ3) is 4.38. The third-order valence-electron chi connectivity index (χ3n) is 4.10. The highest BCUT2D eigenvalue weighted by Crippen LogP contribution is 2.22. The minimum atomic E-state index is -0.788. The smallest absolute Gasteiger partial charge is 0.339 e. The number of esters is 1. The summed E-state index contributed by atoms with van der Waals surface area (Å²) in [5, 5.41) is 0. The van der Waals surface area contributed by atoms with E-state index < -0.39 is 12.1 Å². The van der Waals surface area contributed by atoms with Crippen molar-refractivity contribution in [2.45, 2.75) is 25.9 Å². The van der Waals surface area contributed by atoms with E-state index in [9.17, 15) is 9.59 Å². The van der Waals surface area contributed by atoms with Gasteiger partial charge in [0.05, 0.1) is 5.56 Å². The number of carbonyl (C=O) groups is 2. The van der Waals surface area contributed by atoms with E-state index in [1.165, 1.54) is 0 Å². The van der Waals surface area contributed by atoms with Gasteiger partial charge in [-0.3, -0.25) is 4.79 Å². The average Bonchev–Trinajstić information content (AvgIpc) is 3.16. The fourth-order valence-electron chi connectivity index (χ4n) is 2.78. The molecule has 0 aliphatic carbocycles. The van der Waals surface area contributed by atoms with Crippen molar-refractivity contribution in [1.82, 2.24) is 4.90 Å². The molecule has 25 heavy (non-hydrogen) atoms. The van der Waals surface area contributed by atoms with Gasteiger partial charge in [0.25, 0.3) is 5.91 Å². The van der Waals surface area contributed by atoms with Gasteiger partial charge >= 0.3 is 5.97 Å². The van der Waals surface area contributed by atoms with Gasteiger partial charge in [0, 0.05) is 13.1 Å². The molecule has 0 radical (unpaired) electrons. The van der Waals surface area contributed by atoms with E-state index in [0.29, 0.717) is 17.1 Å². The zero-order chi connectivity index (χ0) is 17.6. The van der Waals surface area contributed by atoms with Crippen molar-refractivity contribution in [2.75, 3.05) is 13.1 Å². The summed E-state index contributed by atoms with van der Waals surface area (Å²) in [5.41, 5.74) is 0.356. The van der Waals surface area contributed by atoms with Gasteiger partial charge in [-0.2, -0.15) is 0 Å². The van der Waals surface area contributed by atoms with Crippen LogP contribution in [0.5, 0.6) is 11.5 Å². The highest BCUT2D eigenvalue weighted by molar-refractivity contribution is 5.92. The number of nitrogens with zero attached hydrogens (tertiary/aromatic N) is 1. The van der Waals surface area contributed by atoms with Gasteiger partial charge in [-0.05, 0) is 50.1 Å². The Bertz CT molecular complexity index is 738. The monoisotopic (exact) mass is 339 g/mol. The van der Waals surface area contributed by atoms with Crippen LogP contribution in [0, 0.1) is 0 Å². The highest BCUT2D eigenvalue weighted by Gasteiger charge is 2.26. The summed E-state index contributed by atoms with van der Waals surface area (Å²) in [6.45, 7) is 3.09. The molecule has 130 valence electrons. The van der Waals surface area contributed by atoms with Crippen LogP contribution in [0.2, 0.25) is 0 Å². The first-order chi connectivity index (χ1) is 12.1. The largest absolute Gasteiger partial charge is 0.457 e. The van der Waals surface area contributed by atoms with Crippen molar-refractivity contribution in [3.63, 3.8) is 0 Å². The summed E-state index contributed by atoms with van der Waals surface area (Å²) in [4.78, 5) is 26.3. The lowest BCUT2D eigenvalue weighted by Crippen LogP contribution is -2.38. The van der Waals surface area contributed by atoms with Crippen molar-refractivity contribution in [3.05, 3.63) is 60.2 Å². The fourth-order valence-corrected chi connectivity index (χ4v) is 2.78. The predicted molar refractivity (Wildman–Crippen MR) is 93.6 cm³/mol. The minimum Gasteiger partial charge on any atom is -0.457 e. The van der Waals surface area contributed by atoms with Crippen LogP contribution >= 0.6 is 0 Å². The SMILES string of the molecule is CC(OC(=O)c1cccc(Oc2ccccc2)c1)C(=O)N1CCCC1. The van der Waals surface area contributed by atoms with Gasteiger partial charge in [0.2, 0.25) is 0 Å². The van der Waals surface area contributed by atoms with Gasteiger partial charge in [-0.15, -0.1) is 0 Å². The van der Waals surface area contributed by atoms with E-state index in [2.05, 4.69) is 0 Å². The first-order valence-corrected chi connectivity index (χ1v) is 8.46. The molecule has 5 nitrogen and oxygen atoms in total. The molecule has 0 saturated carbocycles. The summed E-state index contributed by atoms with van der Waals surface area (Å²) in [5.74, 6) is 0.561. The number of hydrogen-bond donors (Lipinski definition) is 0. The number of rotatable bonds is 5. The highest BCUT2D eigenvalue weighted by atomic mass is 16.5. The fraction of sp³-hybridized carbons (Fsp3) is 0.300. The van der Waals surface area contributed by atoms with Gasteiger partial charge in [-0.1, -0.05) is 24.3 Å². The molecule has 2 aromatic rings. The van der Waals surface area contributed by atoms with Crippen molar-refractivity contribution < 1.29 is 19.1 Å². The average molecular weight is 339 g/mol. The summed E-state index contributed by atoms with van der Waals surface area (Å²) >= 11 is 0. The molecule has 3 rings (SSSR count). The van der Waals surface area contributed by atoms with E-state index in [0.717, 1.165) is 25.9 Å². The van der Waals surface area contributed by atoms with Crippen molar-refractivity contribution >= 4 is 11.9 Å². The lowest BCUT2D eigenvalue weighted by atomic mass is 10.2. The molecule has 1 heterocycles. The van der Waals surface area contributed by atoms with Crippen LogP contribution in [0.15, 0.2) is 54.6 Å². The molecule has 1 aliphatic heterocycles. The molecule has 0 aromatic heterocycles. The zero-order valence-corrected chi connectivity index (χ0v) is 14.2. The number of amides is 1. The van der Waals surface area contributed by atoms with Crippen LogP contribution in [0.3, 0.4) is 0 Å². The molecule has 0 spiro atoms. The Hall–Kier alpha value is -2.82. The van der Waals surface area contributed by atoms with Gasteiger partial charge in [0.15, 0.2) is 6.10 Å². The van der Waals surface area contributed by atoms with E-state index in [4.69, 9.17) is 9.47 Å². The Morgan fingerprint density at radius 2 is 1.64 bits per heavy atom. The summed E-state index contributed by atoms with van der Waals surface area (Å²) in [7, 11) is 0. The maximum atomic E-state index is 12.3. The Morgan fingerprint density at radius 1 is 0.960 bits per heavy atom. The van der Waals surface area contributed by atoms with Crippen LogP contribution < -0.4 is 4.74 Å². The Balaban J connectivity index is 1.63. The van der Waals surface area contributed by atoms with Gasteiger partial charge in [-0.25, -0.2) is 4.79 Å². The van der Waals surface area contributed by atoms with E-state index in [-0.39, 0.29) is 5.91 Å². The van der Waals surface area contributed by atoms with E-state index in [1.807, 2.05) is 30.3 Å². The molecule has 5 heteroatoms. The third-order valence-corrected chi connectivity index (χ3v) is 4.10. The molecule has 1 amide bonds. The summed E-state index contributed by atoms with van der Waals surface area (Å²) < 4.78 is 11.1. The number of carbonyl (C=O) groups excluding carboxylic acids is 2. The molecule has 1 saturated heterocycles. The molecule has 0 N–H and O–H groups in total. The number of benzene rings is 2. The molecule has 1 fully saturated rings. The second-order valence-corrected chi connectivity index (χ2v) is 6.02. The van der Waals surface area contributed by atoms with Gasteiger partial charge < -0.3 is 14.4 Å². The number of para-hydroxylation sites is 1. The molecule has 1 atom stereocenters. The number of hydrogen-bond acceptors (Lipinski definition) is 4. The van der Waals surface area contributed by atoms with Crippen LogP contribution in [0.1, 0.15) is 30.1 Å². The van der Waals surface area contributed by atoms with Crippen molar-refractivity contribution in [2.24, 2.45) is 0 Å². The maximum Gasteiger partial charge on any atom is 0.339 e. The van der Waals surface area contributed by atoms with Crippen LogP contribution in [0.25, 0.3) is 0 Å². The lowest BCUT2D eigenvalue weighted by molar-refractivity contribution is -0.138. The van der Waals surface area contributed by atoms with Crippen molar-refractivity contribution in [1.29, 1.82) is 0 Å². The number of ether oxygens (including phenoxy) is 2. The molecular weight excluding hydrogens is 318 g/mol. The standard InChI is InChI=1S/C20H21NO4/c1-15(19(22)21-12-5-6-13-21)24-20(23)16-8-7-11-18(14-16)25-17-9-3-2-4-10-17/h2-4,7-11,14-15H,5-6,12-13H2,1H3. The number of likely N-dealkylation sites (tertiary alicyclic amines) is 1. The normalized spacial score (nSPS) is 14.8. The van der Waals surface area contributed by atoms with Crippen LogP contribution in [-0.2, 0) is 9.53 Å². The second-order valence-electron chi connectivity index (χ2n) is 6.02. The maximum absolute atomic E-state index is 12.3. The van der Waals surface area contributed by atoms with E-state index >= 15 is 0 Å². The van der Waals surface area contributed by atoms with Crippen LogP contribution in [0.4, 0.5) is 0 Å². The summed E-state index contributed by atoms with van der Waals surface area (Å²) in [6.07, 6.45) is 1.22. The molecule has 0 bridgehead atoms. The second kappa shape index (κ2) is 7.83. The first kappa shape index (κ1) is 17.0. The summed E-state index contributed by atoms with van der Waals surface area (Å²) in [6, 6.07) is 16.1. The van der Waals surface area contributed by atoms with E-state index in [1.54, 1.807) is 36.1 Å². The molecule has 1 unspecified atom stereocenters. The Morgan fingerprint density at radius 3 is 2.36 bits per heavy atom. The van der Waals surface area contributed by atoms with Crippen LogP contribution in [-0.4, -0.2) is 36.0 Å². The zero-order valence-electron chi connectivity index (χ0n) is 14.2. The minimum absolute atomic E-state index is 0.137. The quantitative estimate of drug-likeness (QED) is 0.780. The van der Waals surface area contributed by atoms with Crippen molar-refractivity contribution in [3.8, 4) is 11.5 Å². The topological polar surface area (TPSA) is 55.8 Å². The molecule has 2 aromatic carbocycles. The van der Waals surface area contributed by atoms with Gasteiger partial charge in [0.1, 0.15) is 11.5 Å². The first-order valence-electron chi connectivity index (χ1n) is 8.46. The molecular formula is C20H21NO4. The predicted octanol–water partition coefficient (Wildman–Crippen LogP) is 3.65. The molecule has 1 aliphatic rings. The lowest BCUT2D eigenvalue weighted by Gasteiger charge is -2.20.